The van der Waals surface area contributed by atoms with Gasteiger partial charge in [0.15, 0.2) is 11.5 Å². The minimum absolute atomic E-state index is 0.0254. The quantitative estimate of drug-likeness (QED) is 0.340. The van der Waals surface area contributed by atoms with Gasteiger partial charge in [0.05, 0.1) is 16.8 Å². The van der Waals surface area contributed by atoms with Crippen LogP contribution in [0.2, 0.25) is 0 Å². The molecule has 0 aromatic heterocycles. The Morgan fingerprint density at radius 2 is 1.93 bits per heavy atom. The number of hydrogen-bond donors (Lipinski definition) is 1. The number of methoxy groups -OCH3 is 1. The number of rotatable bonds is 6. The highest BCUT2D eigenvalue weighted by Crippen LogP contribution is 2.36. The van der Waals surface area contributed by atoms with Gasteiger partial charge in [-0.05, 0) is 72.5 Å². The largest absolute Gasteiger partial charge is 0.493 e. The van der Waals surface area contributed by atoms with E-state index in [1.54, 1.807) is 13.2 Å². The minimum Gasteiger partial charge on any atom is -0.493 e. The number of amides is 4. The summed E-state index contributed by atoms with van der Waals surface area (Å²) in [6, 6.07) is 2.77. The third kappa shape index (κ3) is 4.79. The van der Waals surface area contributed by atoms with Crippen LogP contribution < -0.4 is 14.8 Å². The fourth-order valence-electron chi connectivity index (χ4n) is 3.73. The Morgan fingerprint density at radius 1 is 1.23 bits per heavy atom. The second-order valence-electron chi connectivity index (χ2n) is 7.66. The van der Waals surface area contributed by atoms with Crippen molar-refractivity contribution in [2.24, 2.45) is 0 Å². The summed E-state index contributed by atoms with van der Waals surface area (Å²) in [5.74, 6) is -0.0542. The van der Waals surface area contributed by atoms with Crippen molar-refractivity contribution in [2.75, 3.05) is 7.11 Å². The lowest BCUT2D eigenvalue weighted by Crippen LogP contribution is -2.58. The van der Waals surface area contributed by atoms with Crippen LogP contribution in [-0.4, -0.2) is 42.0 Å². The molecule has 1 N–H and O–H groups in total. The zero-order valence-corrected chi connectivity index (χ0v) is 19.7. The smallest absolute Gasteiger partial charge is 0.331 e. The highest BCUT2D eigenvalue weighted by Gasteiger charge is 2.40. The first kappa shape index (κ1) is 22.6. The van der Waals surface area contributed by atoms with E-state index in [1.807, 2.05) is 19.9 Å². The number of carbonyl (C=O) groups excluding carboxylic acids is 3. The van der Waals surface area contributed by atoms with Crippen LogP contribution in [0.3, 0.4) is 0 Å². The molecular weight excluding hydrogens is 499 g/mol. The molecule has 1 saturated carbocycles. The van der Waals surface area contributed by atoms with Gasteiger partial charge in [-0.25, -0.2) is 4.79 Å². The Kier molecular flexibility index (Phi) is 7.38. The van der Waals surface area contributed by atoms with Crippen molar-refractivity contribution >= 4 is 46.5 Å². The number of ether oxygens (including phenoxy) is 2. The maximum Gasteiger partial charge on any atom is 0.331 e. The maximum atomic E-state index is 13.1. The van der Waals surface area contributed by atoms with Crippen LogP contribution in [0.4, 0.5) is 4.79 Å². The molecule has 3 rings (SSSR count). The molecule has 8 heteroatoms. The summed E-state index contributed by atoms with van der Waals surface area (Å²) >= 11 is 2.15. The number of nitrogens with zero attached hydrogens (tertiary/aromatic N) is 1. The summed E-state index contributed by atoms with van der Waals surface area (Å²) in [5, 5.41) is 2.32. The molecule has 30 heavy (non-hydrogen) atoms. The molecule has 162 valence electrons. The standard InChI is InChI=1S/C22H27IN2O5/c1-4-13(2)30-19-17(23)11-14(12-18(19)29-3)10-16-20(26)24-22(28)25(21(16)27)15-8-6-5-7-9-15/h10-13,15H,4-9H2,1-3H3,(H,24,26,28)/b16-10+. The van der Waals surface area contributed by atoms with Crippen molar-refractivity contribution in [1.29, 1.82) is 0 Å². The molecule has 1 saturated heterocycles. The van der Waals surface area contributed by atoms with Gasteiger partial charge in [0.2, 0.25) is 0 Å². The first-order valence-corrected chi connectivity index (χ1v) is 11.4. The molecular formula is C22H27IN2O5. The van der Waals surface area contributed by atoms with Crippen LogP contribution in [0.5, 0.6) is 11.5 Å². The zero-order valence-electron chi connectivity index (χ0n) is 17.5. The fraction of sp³-hybridized carbons (Fsp3) is 0.500. The van der Waals surface area contributed by atoms with Crippen molar-refractivity contribution in [3.05, 3.63) is 26.8 Å². The maximum absolute atomic E-state index is 13.1. The Morgan fingerprint density at radius 3 is 2.57 bits per heavy atom. The van der Waals surface area contributed by atoms with E-state index in [9.17, 15) is 14.4 Å². The van der Waals surface area contributed by atoms with Gasteiger partial charge in [-0.15, -0.1) is 0 Å². The monoisotopic (exact) mass is 526 g/mol. The van der Waals surface area contributed by atoms with Crippen molar-refractivity contribution in [3.63, 3.8) is 0 Å². The van der Waals surface area contributed by atoms with Gasteiger partial charge in [-0.1, -0.05) is 26.2 Å². The molecule has 1 aliphatic heterocycles. The van der Waals surface area contributed by atoms with Crippen LogP contribution in [0.25, 0.3) is 6.08 Å². The highest BCUT2D eigenvalue weighted by molar-refractivity contribution is 14.1. The zero-order chi connectivity index (χ0) is 21.8. The first-order valence-electron chi connectivity index (χ1n) is 10.3. The van der Waals surface area contributed by atoms with E-state index in [0.29, 0.717) is 17.1 Å². The summed E-state index contributed by atoms with van der Waals surface area (Å²) in [7, 11) is 1.55. The van der Waals surface area contributed by atoms with Crippen molar-refractivity contribution in [1.82, 2.24) is 10.2 Å². The van der Waals surface area contributed by atoms with Crippen molar-refractivity contribution < 1.29 is 23.9 Å². The highest BCUT2D eigenvalue weighted by atomic mass is 127. The molecule has 4 amide bonds. The predicted octanol–water partition coefficient (Wildman–Crippen LogP) is 4.27. The minimum atomic E-state index is -0.675. The normalized spacial score (nSPS) is 20.3. The van der Waals surface area contributed by atoms with E-state index in [0.717, 1.165) is 42.1 Å². The average Bonchev–Trinajstić information content (AvgIpc) is 2.73. The fourth-order valence-corrected chi connectivity index (χ4v) is 4.48. The van der Waals surface area contributed by atoms with E-state index >= 15 is 0 Å². The van der Waals surface area contributed by atoms with Gasteiger partial charge in [0, 0.05) is 6.04 Å². The predicted molar refractivity (Wildman–Crippen MR) is 121 cm³/mol. The Labute approximate surface area is 190 Å². The summed E-state index contributed by atoms with van der Waals surface area (Å²) in [6.45, 7) is 4.02. The van der Waals surface area contributed by atoms with Crippen molar-refractivity contribution in [3.8, 4) is 11.5 Å². The van der Waals surface area contributed by atoms with E-state index in [1.165, 1.54) is 11.0 Å². The van der Waals surface area contributed by atoms with Gasteiger partial charge in [0.25, 0.3) is 11.8 Å². The molecule has 2 fully saturated rings. The number of benzene rings is 1. The third-order valence-corrected chi connectivity index (χ3v) is 6.33. The second-order valence-corrected chi connectivity index (χ2v) is 8.82. The van der Waals surface area contributed by atoms with Gasteiger partial charge < -0.3 is 9.47 Å². The van der Waals surface area contributed by atoms with Crippen LogP contribution >= 0.6 is 22.6 Å². The second kappa shape index (κ2) is 9.80. The summed E-state index contributed by atoms with van der Waals surface area (Å²) in [5.41, 5.74) is 0.581. The SMILES string of the molecule is CCC(C)Oc1c(I)cc(/C=C2\C(=O)NC(=O)N(C3CCCCC3)C2=O)cc1OC. The molecule has 1 aromatic rings. The molecule has 1 atom stereocenters. The van der Waals surface area contributed by atoms with Gasteiger partial charge in [-0.2, -0.15) is 0 Å². The number of nitrogens with one attached hydrogen (secondary N) is 1. The van der Waals surface area contributed by atoms with E-state index < -0.39 is 17.8 Å². The number of carbonyl (C=O) groups is 3. The Balaban J connectivity index is 1.94. The number of hydrogen-bond acceptors (Lipinski definition) is 5. The molecule has 1 unspecified atom stereocenters. The molecule has 0 spiro atoms. The molecule has 7 nitrogen and oxygen atoms in total. The van der Waals surface area contributed by atoms with E-state index in [-0.39, 0.29) is 17.7 Å². The molecule has 1 heterocycles. The third-order valence-electron chi connectivity index (χ3n) is 5.53. The summed E-state index contributed by atoms with van der Waals surface area (Å²) in [6.07, 6.45) is 6.98. The Hall–Kier alpha value is -2.10. The van der Waals surface area contributed by atoms with Gasteiger partial charge >= 0.3 is 6.03 Å². The molecule has 0 radical (unpaired) electrons. The number of imide groups is 2. The molecule has 1 aliphatic carbocycles. The topological polar surface area (TPSA) is 84.9 Å². The van der Waals surface area contributed by atoms with Gasteiger partial charge in [-0.3, -0.25) is 19.8 Å². The lowest BCUT2D eigenvalue weighted by atomic mass is 9.93. The lowest BCUT2D eigenvalue weighted by Gasteiger charge is -2.35. The van der Waals surface area contributed by atoms with Crippen LogP contribution in [0.1, 0.15) is 57.9 Å². The molecule has 2 aliphatic rings. The number of barbiturate groups is 1. The average molecular weight is 526 g/mol. The Bertz CT molecular complexity index is 877. The first-order chi connectivity index (χ1) is 14.3. The number of halogens is 1. The van der Waals surface area contributed by atoms with Crippen molar-refractivity contribution in [2.45, 2.75) is 64.5 Å². The van der Waals surface area contributed by atoms with Crippen LogP contribution in [-0.2, 0) is 9.59 Å². The van der Waals surface area contributed by atoms with E-state index in [2.05, 4.69) is 27.9 Å². The molecule has 1 aromatic carbocycles. The van der Waals surface area contributed by atoms with E-state index in [4.69, 9.17) is 9.47 Å². The number of urea groups is 1. The molecule has 0 bridgehead atoms. The van der Waals surface area contributed by atoms with Crippen LogP contribution in [0.15, 0.2) is 17.7 Å². The summed E-state index contributed by atoms with van der Waals surface area (Å²) in [4.78, 5) is 39.1. The van der Waals surface area contributed by atoms with Crippen LogP contribution in [0, 0.1) is 3.57 Å². The van der Waals surface area contributed by atoms with Gasteiger partial charge in [0.1, 0.15) is 5.57 Å². The lowest BCUT2D eigenvalue weighted by molar-refractivity contribution is -0.132. The summed E-state index contributed by atoms with van der Waals surface area (Å²) < 4.78 is 12.2.